The van der Waals surface area contributed by atoms with Crippen molar-refractivity contribution >= 4 is 5.69 Å². The average Bonchev–Trinajstić information content (AvgIpc) is 2.78. The maximum Gasteiger partial charge on any atom is 0.307 e. The highest BCUT2D eigenvalue weighted by Crippen LogP contribution is 2.27. The van der Waals surface area contributed by atoms with E-state index >= 15 is 0 Å². The molecule has 2 atom stereocenters. The Kier molecular flexibility index (Phi) is 3.60. The largest absolute Gasteiger partial charge is 0.307 e. The molecule has 0 spiro atoms. The van der Waals surface area contributed by atoms with E-state index in [-0.39, 0.29) is 5.69 Å². The molecule has 0 aromatic carbocycles. The lowest BCUT2D eigenvalue weighted by atomic mass is 10.0. The van der Waals surface area contributed by atoms with Gasteiger partial charge in [-0.15, -0.1) is 0 Å². The fourth-order valence-electron chi connectivity index (χ4n) is 2.29. The molecule has 1 aliphatic heterocycles. The van der Waals surface area contributed by atoms with Gasteiger partial charge in [-0.2, -0.15) is 5.10 Å². The first kappa shape index (κ1) is 12.9. The van der Waals surface area contributed by atoms with Crippen LogP contribution in [0.25, 0.3) is 0 Å². The first-order valence-corrected chi connectivity index (χ1v) is 6.05. The third-order valence-corrected chi connectivity index (χ3v) is 3.41. The van der Waals surface area contributed by atoms with Crippen LogP contribution in [0.3, 0.4) is 0 Å². The molecular formula is C11H17FN4O2. The summed E-state index contributed by atoms with van der Waals surface area (Å²) in [6.45, 7) is 5.21. The lowest BCUT2D eigenvalue weighted by molar-refractivity contribution is -0.385. The average molecular weight is 256 g/mol. The lowest BCUT2D eigenvalue weighted by Gasteiger charge is -2.36. The van der Waals surface area contributed by atoms with Crippen molar-refractivity contribution in [3.05, 3.63) is 22.5 Å². The molecular weight excluding hydrogens is 239 g/mol. The number of piperidine rings is 1. The molecule has 0 N–H and O–H groups in total. The van der Waals surface area contributed by atoms with Crippen molar-refractivity contribution in [2.24, 2.45) is 0 Å². The van der Waals surface area contributed by atoms with Crippen molar-refractivity contribution in [1.82, 2.24) is 14.7 Å². The molecule has 1 saturated heterocycles. The fourth-order valence-corrected chi connectivity index (χ4v) is 2.29. The number of alkyl halides is 1. The first-order chi connectivity index (χ1) is 8.49. The second-order valence-corrected chi connectivity index (χ2v) is 4.90. The van der Waals surface area contributed by atoms with Gasteiger partial charge in [0.1, 0.15) is 18.6 Å². The van der Waals surface area contributed by atoms with Crippen LogP contribution in [-0.4, -0.2) is 44.9 Å². The molecule has 1 fully saturated rings. The minimum atomic E-state index is -1.04. The standard InChI is InChI=1S/C11H17FN4O2/c1-8(2)14-4-3-11(10(12)7-14)15-6-9(5-13-15)16(17)18/h5-6,8,10-11H,3-4,7H2,1-2H3/t10-,11-/m1/s1. The summed E-state index contributed by atoms with van der Waals surface area (Å²) >= 11 is 0. The highest BCUT2D eigenvalue weighted by atomic mass is 19.1. The quantitative estimate of drug-likeness (QED) is 0.611. The van der Waals surface area contributed by atoms with Gasteiger partial charge in [-0.05, 0) is 20.3 Å². The van der Waals surface area contributed by atoms with Gasteiger partial charge < -0.3 is 0 Å². The van der Waals surface area contributed by atoms with E-state index in [1.54, 1.807) is 0 Å². The Labute approximate surface area is 105 Å². The highest BCUT2D eigenvalue weighted by molar-refractivity contribution is 5.21. The summed E-state index contributed by atoms with van der Waals surface area (Å²) in [5.41, 5.74) is -0.0894. The normalized spacial score (nSPS) is 25.6. The van der Waals surface area contributed by atoms with Crippen molar-refractivity contribution in [1.29, 1.82) is 0 Å². The zero-order valence-electron chi connectivity index (χ0n) is 10.5. The summed E-state index contributed by atoms with van der Waals surface area (Å²) in [6, 6.07) is -0.0788. The Bertz CT molecular complexity index is 434. The molecule has 0 radical (unpaired) electrons. The predicted molar refractivity (Wildman–Crippen MR) is 64.1 cm³/mol. The van der Waals surface area contributed by atoms with Gasteiger partial charge >= 0.3 is 5.69 Å². The Morgan fingerprint density at radius 1 is 1.61 bits per heavy atom. The molecule has 0 unspecified atom stereocenters. The number of nitro groups is 1. The minimum absolute atomic E-state index is 0.0894. The third-order valence-electron chi connectivity index (χ3n) is 3.41. The van der Waals surface area contributed by atoms with Gasteiger partial charge in [0.05, 0.1) is 11.0 Å². The Hall–Kier alpha value is -1.50. The van der Waals surface area contributed by atoms with E-state index in [1.807, 2.05) is 13.8 Å². The second kappa shape index (κ2) is 5.01. The molecule has 0 bridgehead atoms. The summed E-state index contributed by atoms with van der Waals surface area (Å²) in [5.74, 6) is 0. The van der Waals surface area contributed by atoms with Crippen molar-refractivity contribution in [3.8, 4) is 0 Å². The van der Waals surface area contributed by atoms with Crippen LogP contribution in [-0.2, 0) is 0 Å². The number of halogens is 1. The lowest BCUT2D eigenvalue weighted by Crippen LogP contribution is -2.45. The van der Waals surface area contributed by atoms with Gasteiger partial charge in [-0.3, -0.25) is 19.7 Å². The molecule has 7 heteroatoms. The minimum Gasteiger partial charge on any atom is -0.298 e. The summed E-state index contributed by atoms with van der Waals surface area (Å²) < 4.78 is 15.5. The predicted octanol–water partition coefficient (Wildman–Crippen LogP) is 1.78. The molecule has 0 saturated carbocycles. The number of aromatic nitrogens is 2. The van der Waals surface area contributed by atoms with E-state index in [4.69, 9.17) is 0 Å². The van der Waals surface area contributed by atoms with Gasteiger partial charge in [-0.25, -0.2) is 4.39 Å². The first-order valence-electron chi connectivity index (χ1n) is 6.05. The van der Waals surface area contributed by atoms with Gasteiger partial charge in [-0.1, -0.05) is 0 Å². The molecule has 18 heavy (non-hydrogen) atoms. The van der Waals surface area contributed by atoms with Crippen LogP contribution in [0.15, 0.2) is 12.4 Å². The molecule has 1 aliphatic rings. The van der Waals surface area contributed by atoms with Crippen LogP contribution in [0.5, 0.6) is 0 Å². The zero-order chi connectivity index (χ0) is 13.3. The van der Waals surface area contributed by atoms with Gasteiger partial charge in [0.2, 0.25) is 0 Å². The van der Waals surface area contributed by atoms with Crippen LogP contribution in [0.2, 0.25) is 0 Å². The topological polar surface area (TPSA) is 64.2 Å². The summed E-state index contributed by atoms with van der Waals surface area (Å²) in [7, 11) is 0. The zero-order valence-corrected chi connectivity index (χ0v) is 10.5. The third kappa shape index (κ3) is 2.50. The van der Waals surface area contributed by atoms with Gasteiger partial charge in [0, 0.05) is 19.1 Å². The summed E-state index contributed by atoms with van der Waals surface area (Å²) in [4.78, 5) is 12.1. The fraction of sp³-hybridized carbons (Fsp3) is 0.727. The smallest absolute Gasteiger partial charge is 0.298 e. The van der Waals surface area contributed by atoms with Crippen molar-refractivity contribution in [3.63, 3.8) is 0 Å². The van der Waals surface area contributed by atoms with E-state index in [0.29, 0.717) is 19.0 Å². The highest BCUT2D eigenvalue weighted by Gasteiger charge is 2.32. The molecule has 2 heterocycles. The Morgan fingerprint density at radius 2 is 2.33 bits per heavy atom. The van der Waals surface area contributed by atoms with Gasteiger partial charge in [0.15, 0.2) is 0 Å². The van der Waals surface area contributed by atoms with Crippen molar-refractivity contribution < 1.29 is 9.31 Å². The summed E-state index contributed by atoms with van der Waals surface area (Å²) in [5, 5.41) is 14.5. The molecule has 1 aromatic heterocycles. The molecule has 100 valence electrons. The molecule has 6 nitrogen and oxygen atoms in total. The molecule has 2 rings (SSSR count). The van der Waals surface area contributed by atoms with Crippen LogP contribution >= 0.6 is 0 Å². The molecule has 0 amide bonds. The van der Waals surface area contributed by atoms with E-state index in [0.717, 1.165) is 6.54 Å². The number of hydrogen-bond acceptors (Lipinski definition) is 4. The number of likely N-dealkylation sites (tertiary alicyclic amines) is 1. The van der Waals surface area contributed by atoms with E-state index in [1.165, 1.54) is 17.1 Å². The number of nitrogens with zero attached hydrogens (tertiary/aromatic N) is 4. The maximum absolute atomic E-state index is 14.1. The van der Waals surface area contributed by atoms with Crippen LogP contribution in [0.4, 0.5) is 10.1 Å². The van der Waals surface area contributed by atoms with Crippen LogP contribution < -0.4 is 0 Å². The summed E-state index contributed by atoms with van der Waals surface area (Å²) in [6.07, 6.45) is 2.06. The van der Waals surface area contributed by atoms with E-state index < -0.39 is 17.1 Å². The Balaban J connectivity index is 2.08. The van der Waals surface area contributed by atoms with E-state index in [9.17, 15) is 14.5 Å². The second-order valence-electron chi connectivity index (χ2n) is 4.90. The molecule has 1 aromatic rings. The van der Waals surface area contributed by atoms with E-state index in [2.05, 4.69) is 10.00 Å². The van der Waals surface area contributed by atoms with Crippen LogP contribution in [0.1, 0.15) is 26.3 Å². The number of hydrogen-bond donors (Lipinski definition) is 0. The van der Waals surface area contributed by atoms with Crippen LogP contribution in [0, 0.1) is 10.1 Å². The SMILES string of the molecule is CC(C)N1CC[C@@H](n2cc([N+](=O)[O-])cn2)[C@H](F)C1. The van der Waals surface area contributed by atoms with Crippen molar-refractivity contribution in [2.45, 2.75) is 38.5 Å². The molecule has 0 aliphatic carbocycles. The number of rotatable bonds is 3. The monoisotopic (exact) mass is 256 g/mol. The van der Waals surface area contributed by atoms with Gasteiger partial charge in [0.25, 0.3) is 0 Å². The Morgan fingerprint density at radius 3 is 2.83 bits per heavy atom. The maximum atomic E-state index is 14.1. The van der Waals surface area contributed by atoms with Crippen molar-refractivity contribution in [2.75, 3.05) is 13.1 Å².